The number of aromatic amines is 1. The number of aryl methyl sites for hydroxylation is 1. The van der Waals surface area contributed by atoms with Gasteiger partial charge in [0.15, 0.2) is 0 Å². The number of hydrogen-bond acceptors (Lipinski definition) is 2. The molecule has 0 radical (unpaired) electrons. The van der Waals surface area contributed by atoms with E-state index in [2.05, 4.69) is 14.9 Å². The number of nitrogens with one attached hydrogen (secondary N) is 1. The highest BCUT2D eigenvalue weighted by molar-refractivity contribution is 5.17. The summed E-state index contributed by atoms with van der Waals surface area (Å²) in [5.41, 5.74) is 1.88. The summed E-state index contributed by atoms with van der Waals surface area (Å²) in [6.07, 6.45) is 2.95. The summed E-state index contributed by atoms with van der Waals surface area (Å²) >= 11 is 0. The molecule has 2 heterocycles. The van der Waals surface area contributed by atoms with Gasteiger partial charge in [-0.1, -0.05) is 18.2 Å². The third-order valence-corrected chi connectivity index (χ3v) is 3.73. The molecule has 2 aromatic rings. The summed E-state index contributed by atoms with van der Waals surface area (Å²) < 4.78 is 13.6. The number of benzene rings is 1. The van der Waals surface area contributed by atoms with Crippen molar-refractivity contribution in [2.75, 3.05) is 13.1 Å². The molecule has 4 heteroatoms. The minimum Gasteiger partial charge on any atom is -0.346 e. The summed E-state index contributed by atoms with van der Waals surface area (Å²) in [7, 11) is 0. The monoisotopic (exact) mass is 259 g/mol. The van der Waals surface area contributed by atoms with Gasteiger partial charge in [-0.05, 0) is 26.0 Å². The first-order chi connectivity index (χ1) is 9.22. The van der Waals surface area contributed by atoms with E-state index in [0.29, 0.717) is 12.5 Å². The molecule has 1 unspecified atom stereocenters. The van der Waals surface area contributed by atoms with Gasteiger partial charge in [-0.3, -0.25) is 4.90 Å². The maximum absolute atomic E-state index is 13.6. The van der Waals surface area contributed by atoms with Gasteiger partial charge in [0.1, 0.15) is 11.6 Å². The van der Waals surface area contributed by atoms with Crippen LogP contribution in [0, 0.1) is 12.7 Å². The zero-order valence-corrected chi connectivity index (χ0v) is 11.1. The molecule has 3 nitrogen and oxygen atoms in total. The van der Waals surface area contributed by atoms with E-state index in [1.807, 2.05) is 25.3 Å². The Hall–Kier alpha value is -1.68. The molecule has 1 saturated heterocycles. The van der Waals surface area contributed by atoms with Crippen molar-refractivity contribution in [3.8, 4) is 0 Å². The summed E-state index contributed by atoms with van der Waals surface area (Å²) in [4.78, 5) is 10.00. The highest BCUT2D eigenvalue weighted by Crippen LogP contribution is 2.26. The molecule has 1 aromatic carbocycles. The molecule has 19 heavy (non-hydrogen) atoms. The molecule has 0 amide bonds. The standard InChI is InChI=1S/C15H18FN3/c1-11-8-17-15(18-11)13-6-7-19(10-13)9-12-4-2-3-5-14(12)16/h2-5,8,13H,6-7,9-10H2,1H3,(H,17,18). The quantitative estimate of drug-likeness (QED) is 0.919. The van der Waals surface area contributed by atoms with Crippen molar-refractivity contribution >= 4 is 0 Å². The Bertz CT molecular complexity index is 564. The van der Waals surface area contributed by atoms with Crippen LogP contribution in [0.2, 0.25) is 0 Å². The van der Waals surface area contributed by atoms with Gasteiger partial charge in [-0.15, -0.1) is 0 Å². The summed E-state index contributed by atoms with van der Waals surface area (Å²) in [6.45, 7) is 4.64. The predicted octanol–water partition coefficient (Wildman–Crippen LogP) is 2.85. The zero-order chi connectivity index (χ0) is 13.2. The van der Waals surface area contributed by atoms with Crippen molar-refractivity contribution < 1.29 is 4.39 Å². The lowest BCUT2D eigenvalue weighted by Gasteiger charge is -2.15. The zero-order valence-electron chi connectivity index (χ0n) is 11.1. The van der Waals surface area contributed by atoms with Crippen LogP contribution in [0.1, 0.15) is 29.4 Å². The Morgan fingerprint density at radius 2 is 2.26 bits per heavy atom. The number of likely N-dealkylation sites (tertiary alicyclic amines) is 1. The summed E-state index contributed by atoms with van der Waals surface area (Å²) in [5.74, 6) is 1.40. The van der Waals surface area contributed by atoms with E-state index in [1.54, 1.807) is 6.07 Å². The van der Waals surface area contributed by atoms with Gasteiger partial charge >= 0.3 is 0 Å². The van der Waals surface area contributed by atoms with Crippen LogP contribution < -0.4 is 0 Å². The fourth-order valence-electron chi connectivity index (χ4n) is 2.71. The third kappa shape index (κ3) is 2.68. The van der Waals surface area contributed by atoms with Crippen molar-refractivity contribution in [1.82, 2.24) is 14.9 Å². The highest BCUT2D eigenvalue weighted by atomic mass is 19.1. The number of hydrogen-bond donors (Lipinski definition) is 1. The van der Waals surface area contributed by atoms with Gasteiger partial charge in [-0.2, -0.15) is 0 Å². The smallest absolute Gasteiger partial charge is 0.127 e. The average molecular weight is 259 g/mol. The summed E-state index contributed by atoms with van der Waals surface area (Å²) in [6, 6.07) is 7.01. The minimum absolute atomic E-state index is 0.111. The number of halogens is 1. The fourth-order valence-corrected chi connectivity index (χ4v) is 2.71. The summed E-state index contributed by atoms with van der Waals surface area (Å²) in [5, 5.41) is 0. The highest BCUT2D eigenvalue weighted by Gasteiger charge is 2.26. The van der Waals surface area contributed by atoms with E-state index >= 15 is 0 Å². The van der Waals surface area contributed by atoms with Crippen LogP contribution in [0.15, 0.2) is 30.5 Å². The minimum atomic E-state index is -0.111. The van der Waals surface area contributed by atoms with Gasteiger partial charge < -0.3 is 4.98 Å². The number of rotatable bonds is 3. The Kier molecular flexibility index (Phi) is 3.34. The van der Waals surface area contributed by atoms with Crippen LogP contribution in [-0.4, -0.2) is 28.0 Å². The largest absolute Gasteiger partial charge is 0.346 e. The Morgan fingerprint density at radius 1 is 1.42 bits per heavy atom. The van der Waals surface area contributed by atoms with Crippen molar-refractivity contribution in [3.63, 3.8) is 0 Å². The van der Waals surface area contributed by atoms with Crippen LogP contribution in [0.25, 0.3) is 0 Å². The van der Waals surface area contributed by atoms with Crippen LogP contribution >= 0.6 is 0 Å². The van der Waals surface area contributed by atoms with Gasteiger partial charge in [0, 0.05) is 36.5 Å². The van der Waals surface area contributed by atoms with Crippen molar-refractivity contribution in [1.29, 1.82) is 0 Å². The topological polar surface area (TPSA) is 31.9 Å². The van der Waals surface area contributed by atoms with E-state index in [1.165, 1.54) is 6.07 Å². The van der Waals surface area contributed by atoms with Gasteiger partial charge in [0.05, 0.1) is 0 Å². The second-order valence-electron chi connectivity index (χ2n) is 5.26. The van der Waals surface area contributed by atoms with Crippen LogP contribution in [0.4, 0.5) is 4.39 Å². The Morgan fingerprint density at radius 3 is 3.00 bits per heavy atom. The number of H-pyrrole nitrogens is 1. The van der Waals surface area contributed by atoms with Crippen molar-refractivity contribution in [3.05, 3.63) is 53.4 Å². The van der Waals surface area contributed by atoms with Crippen molar-refractivity contribution in [2.45, 2.75) is 25.8 Å². The predicted molar refractivity (Wildman–Crippen MR) is 72.4 cm³/mol. The molecule has 100 valence electrons. The van der Waals surface area contributed by atoms with E-state index in [4.69, 9.17) is 0 Å². The SMILES string of the molecule is Cc1cnc(C2CCN(Cc3ccccc3F)C2)[nH]1. The second kappa shape index (κ2) is 5.13. The maximum atomic E-state index is 13.6. The maximum Gasteiger partial charge on any atom is 0.127 e. The molecule has 1 N–H and O–H groups in total. The normalized spacial score (nSPS) is 20.0. The molecule has 1 aliphatic rings. The van der Waals surface area contributed by atoms with E-state index in [0.717, 1.165) is 36.6 Å². The molecule has 0 bridgehead atoms. The molecule has 0 spiro atoms. The molecule has 1 aliphatic heterocycles. The lowest BCUT2D eigenvalue weighted by molar-refractivity contribution is 0.320. The lowest BCUT2D eigenvalue weighted by atomic mass is 10.1. The average Bonchev–Trinajstić information content (AvgIpc) is 3.01. The van der Waals surface area contributed by atoms with E-state index in [-0.39, 0.29) is 5.82 Å². The third-order valence-electron chi connectivity index (χ3n) is 3.73. The molecule has 0 aliphatic carbocycles. The molecule has 0 saturated carbocycles. The van der Waals surface area contributed by atoms with Crippen molar-refractivity contribution in [2.24, 2.45) is 0 Å². The number of nitrogens with zero attached hydrogens (tertiary/aromatic N) is 2. The van der Waals surface area contributed by atoms with Gasteiger partial charge in [0.2, 0.25) is 0 Å². The second-order valence-corrected chi connectivity index (χ2v) is 5.26. The fraction of sp³-hybridized carbons (Fsp3) is 0.400. The van der Waals surface area contributed by atoms with Crippen LogP contribution in [0.3, 0.4) is 0 Å². The van der Waals surface area contributed by atoms with Crippen LogP contribution in [-0.2, 0) is 6.54 Å². The van der Waals surface area contributed by atoms with E-state index < -0.39 is 0 Å². The van der Waals surface area contributed by atoms with Gasteiger partial charge in [0.25, 0.3) is 0 Å². The van der Waals surface area contributed by atoms with Gasteiger partial charge in [-0.25, -0.2) is 9.37 Å². The lowest BCUT2D eigenvalue weighted by Crippen LogP contribution is -2.20. The Labute approximate surface area is 112 Å². The molecule has 1 aromatic heterocycles. The first kappa shape index (κ1) is 12.4. The number of aromatic nitrogens is 2. The Balaban J connectivity index is 1.65. The van der Waals surface area contributed by atoms with E-state index in [9.17, 15) is 4.39 Å². The first-order valence-electron chi connectivity index (χ1n) is 6.69. The molecular formula is C15H18FN3. The molecule has 1 fully saturated rings. The number of imidazole rings is 1. The van der Waals surface area contributed by atoms with Crippen LogP contribution in [0.5, 0.6) is 0 Å². The molecule has 1 atom stereocenters. The molecular weight excluding hydrogens is 241 g/mol. The first-order valence-corrected chi connectivity index (χ1v) is 6.69. The molecule has 3 rings (SSSR count).